The second kappa shape index (κ2) is 10.5. The van der Waals surface area contributed by atoms with E-state index >= 15 is 0 Å². The van der Waals surface area contributed by atoms with Crippen molar-refractivity contribution in [1.29, 1.82) is 0 Å². The van der Waals surface area contributed by atoms with Gasteiger partial charge in [-0.2, -0.15) is 0 Å². The number of hydrogen-bond acceptors (Lipinski definition) is 7. The smallest absolute Gasteiger partial charge is 0.340 e. The molecule has 1 aliphatic heterocycles. The van der Waals surface area contributed by atoms with E-state index < -0.39 is 17.7 Å². The summed E-state index contributed by atoms with van der Waals surface area (Å²) in [6.07, 6.45) is 0.804. The van der Waals surface area contributed by atoms with Crippen LogP contribution in [0.2, 0.25) is 5.02 Å². The zero-order valence-corrected chi connectivity index (χ0v) is 21.9. The molecule has 37 heavy (non-hydrogen) atoms. The number of allylic oxidation sites excluding steroid dienone is 2. The monoisotopic (exact) mass is 529 g/mol. The standard InChI is InChI=1S/C28H29ClFNO6/c1-5-35-27(33)25-23(24-20(32)12-28(2,3)13-22(24)37-26(25)31)15-6-9-21(34-4)16(10-15)14-36-17-7-8-19(30)18(29)11-17/h6-11,23H,5,12-14,31H2,1-4H3. The number of methoxy groups -OCH3 is 1. The molecule has 2 aromatic carbocycles. The molecule has 1 heterocycles. The molecule has 7 nitrogen and oxygen atoms in total. The molecular weight excluding hydrogens is 501 g/mol. The summed E-state index contributed by atoms with van der Waals surface area (Å²) in [4.78, 5) is 26.4. The minimum atomic E-state index is -0.781. The highest BCUT2D eigenvalue weighted by atomic mass is 35.5. The molecule has 0 bridgehead atoms. The molecular formula is C28H29ClFNO6. The second-order valence-electron chi connectivity index (χ2n) is 9.75. The van der Waals surface area contributed by atoms with Gasteiger partial charge in [-0.05, 0) is 42.2 Å². The normalized spacial score (nSPS) is 18.8. The molecule has 0 amide bonds. The molecule has 9 heteroatoms. The van der Waals surface area contributed by atoms with Crippen molar-refractivity contribution in [1.82, 2.24) is 0 Å². The zero-order chi connectivity index (χ0) is 26.9. The zero-order valence-electron chi connectivity index (χ0n) is 21.2. The third-order valence-electron chi connectivity index (χ3n) is 6.37. The van der Waals surface area contributed by atoms with Crippen molar-refractivity contribution >= 4 is 23.4 Å². The van der Waals surface area contributed by atoms with Gasteiger partial charge in [0.25, 0.3) is 0 Å². The minimum absolute atomic E-state index is 0.0571. The first kappa shape index (κ1) is 26.5. The predicted molar refractivity (Wildman–Crippen MR) is 135 cm³/mol. The van der Waals surface area contributed by atoms with Crippen LogP contribution in [0.3, 0.4) is 0 Å². The van der Waals surface area contributed by atoms with Crippen molar-refractivity contribution in [3.8, 4) is 11.5 Å². The van der Waals surface area contributed by atoms with Crippen molar-refractivity contribution in [3.63, 3.8) is 0 Å². The van der Waals surface area contributed by atoms with E-state index in [0.29, 0.717) is 46.8 Å². The topological polar surface area (TPSA) is 97.1 Å². The van der Waals surface area contributed by atoms with Crippen LogP contribution in [0.25, 0.3) is 0 Å². The number of rotatable bonds is 7. The SMILES string of the molecule is CCOC(=O)C1=C(N)OC2=C(C(=O)CC(C)(C)C2)C1c1ccc(OC)c(COc2ccc(F)c(Cl)c2)c1. The van der Waals surface area contributed by atoms with E-state index in [-0.39, 0.29) is 40.9 Å². The predicted octanol–water partition coefficient (Wildman–Crippen LogP) is 5.56. The van der Waals surface area contributed by atoms with Crippen LogP contribution in [-0.2, 0) is 25.7 Å². The molecule has 0 aromatic heterocycles. The molecule has 1 unspecified atom stereocenters. The Morgan fingerprint density at radius 1 is 1.22 bits per heavy atom. The number of carbonyl (C=O) groups excluding carboxylic acids is 2. The summed E-state index contributed by atoms with van der Waals surface area (Å²) in [7, 11) is 1.52. The average molecular weight is 530 g/mol. The van der Waals surface area contributed by atoms with Gasteiger partial charge in [-0.1, -0.05) is 31.5 Å². The van der Waals surface area contributed by atoms with Gasteiger partial charge < -0.3 is 24.7 Å². The number of carbonyl (C=O) groups is 2. The molecule has 196 valence electrons. The molecule has 2 aromatic rings. The number of benzene rings is 2. The van der Waals surface area contributed by atoms with E-state index in [0.717, 1.165) is 0 Å². The summed E-state index contributed by atoms with van der Waals surface area (Å²) in [5.74, 6) is -0.804. The molecule has 0 fully saturated rings. The number of ketones is 1. The molecule has 4 rings (SSSR count). The lowest BCUT2D eigenvalue weighted by molar-refractivity contribution is -0.139. The fraction of sp³-hybridized carbons (Fsp3) is 0.357. The Morgan fingerprint density at radius 3 is 2.65 bits per heavy atom. The van der Waals surface area contributed by atoms with Crippen molar-refractivity contribution in [2.45, 2.75) is 46.1 Å². The Labute approximate surface area is 220 Å². The number of esters is 1. The van der Waals surface area contributed by atoms with E-state index in [4.69, 9.17) is 36.3 Å². The molecule has 2 N–H and O–H groups in total. The third-order valence-corrected chi connectivity index (χ3v) is 6.66. The van der Waals surface area contributed by atoms with Gasteiger partial charge in [0.1, 0.15) is 35.3 Å². The first-order valence-electron chi connectivity index (χ1n) is 11.9. The quantitative estimate of drug-likeness (QED) is 0.469. The largest absolute Gasteiger partial charge is 0.496 e. The molecule has 2 aliphatic rings. The van der Waals surface area contributed by atoms with Gasteiger partial charge in [-0.3, -0.25) is 4.79 Å². The summed E-state index contributed by atoms with van der Waals surface area (Å²) in [6.45, 7) is 5.85. The van der Waals surface area contributed by atoms with Gasteiger partial charge in [0.05, 0.1) is 24.7 Å². The Kier molecular flexibility index (Phi) is 7.50. The van der Waals surface area contributed by atoms with Crippen molar-refractivity contribution < 1.29 is 32.9 Å². The van der Waals surface area contributed by atoms with Crippen molar-refractivity contribution in [2.24, 2.45) is 11.1 Å². The van der Waals surface area contributed by atoms with Crippen molar-refractivity contribution in [3.05, 3.63) is 81.2 Å². The summed E-state index contributed by atoms with van der Waals surface area (Å²) < 4.78 is 36.0. The lowest BCUT2D eigenvalue weighted by Gasteiger charge is -2.38. The fourth-order valence-corrected chi connectivity index (χ4v) is 4.91. The van der Waals surface area contributed by atoms with E-state index in [1.165, 1.54) is 25.3 Å². The fourth-order valence-electron chi connectivity index (χ4n) is 4.74. The lowest BCUT2D eigenvalue weighted by Crippen LogP contribution is -2.35. The number of nitrogens with two attached hydrogens (primary N) is 1. The number of halogens is 2. The minimum Gasteiger partial charge on any atom is -0.496 e. The Hall–Kier alpha value is -3.52. The third kappa shape index (κ3) is 5.44. The van der Waals surface area contributed by atoms with Crippen LogP contribution in [0.5, 0.6) is 11.5 Å². The maximum Gasteiger partial charge on any atom is 0.340 e. The van der Waals surface area contributed by atoms with Crippen LogP contribution in [-0.4, -0.2) is 25.5 Å². The Balaban J connectivity index is 1.78. The number of Topliss-reactive ketones (excluding diaryl/α,β-unsaturated/α-hetero) is 1. The maximum absolute atomic E-state index is 13.5. The lowest BCUT2D eigenvalue weighted by atomic mass is 9.70. The number of ether oxygens (including phenoxy) is 4. The Morgan fingerprint density at radius 2 is 1.97 bits per heavy atom. The molecule has 1 aliphatic carbocycles. The van der Waals surface area contributed by atoms with Crippen LogP contribution in [0.15, 0.2) is 59.2 Å². The van der Waals surface area contributed by atoms with Crippen LogP contribution < -0.4 is 15.2 Å². The van der Waals surface area contributed by atoms with Gasteiger partial charge >= 0.3 is 5.97 Å². The van der Waals surface area contributed by atoms with Crippen LogP contribution in [0, 0.1) is 11.2 Å². The highest BCUT2D eigenvalue weighted by Crippen LogP contribution is 2.48. The second-order valence-corrected chi connectivity index (χ2v) is 10.2. The highest BCUT2D eigenvalue weighted by molar-refractivity contribution is 6.30. The molecule has 0 saturated carbocycles. The average Bonchev–Trinajstić information content (AvgIpc) is 2.83. The van der Waals surface area contributed by atoms with Crippen LogP contribution in [0.4, 0.5) is 4.39 Å². The summed E-state index contributed by atoms with van der Waals surface area (Å²) >= 11 is 5.88. The number of hydrogen-bond donors (Lipinski definition) is 1. The van der Waals surface area contributed by atoms with Gasteiger partial charge in [0, 0.05) is 30.0 Å². The Bertz CT molecular complexity index is 1320. The summed E-state index contributed by atoms with van der Waals surface area (Å²) in [5, 5.41) is -0.0571. The van der Waals surface area contributed by atoms with Gasteiger partial charge in [0.15, 0.2) is 5.78 Å². The van der Waals surface area contributed by atoms with E-state index in [1.807, 2.05) is 13.8 Å². The van der Waals surface area contributed by atoms with Gasteiger partial charge in [0.2, 0.25) is 5.88 Å². The van der Waals surface area contributed by atoms with Crippen LogP contribution in [0.1, 0.15) is 50.7 Å². The van der Waals surface area contributed by atoms with Crippen molar-refractivity contribution in [2.75, 3.05) is 13.7 Å². The first-order valence-corrected chi connectivity index (χ1v) is 12.3. The summed E-state index contributed by atoms with van der Waals surface area (Å²) in [6, 6.07) is 9.38. The van der Waals surface area contributed by atoms with Crippen LogP contribution >= 0.6 is 11.6 Å². The van der Waals surface area contributed by atoms with E-state index in [1.54, 1.807) is 25.1 Å². The molecule has 0 saturated heterocycles. The first-order chi connectivity index (χ1) is 17.5. The maximum atomic E-state index is 13.5. The van der Waals surface area contributed by atoms with E-state index in [2.05, 4.69) is 0 Å². The molecule has 0 spiro atoms. The molecule has 0 radical (unpaired) electrons. The summed E-state index contributed by atoms with van der Waals surface area (Å²) in [5.41, 5.74) is 7.70. The van der Waals surface area contributed by atoms with Gasteiger partial charge in [-0.15, -0.1) is 0 Å². The van der Waals surface area contributed by atoms with Gasteiger partial charge in [-0.25, -0.2) is 9.18 Å². The van der Waals surface area contributed by atoms with E-state index in [9.17, 15) is 14.0 Å². The highest BCUT2D eigenvalue weighted by Gasteiger charge is 2.45. The molecule has 1 atom stereocenters.